The number of aliphatic hydroxyl groups is 1. The van der Waals surface area contributed by atoms with Gasteiger partial charge in [0.15, 0.2) is 0 Å². The Kier molecular flexibility index (Phi) is 4.01. The van der Waals surface area contributed by atoms with Crippen LogP contribution < -0.4 is 0 Å². The fourth-order valence-corrected chi connectivity index (χ4v) is 3.26. The van der Waals surface area contributed by atoms with Crippen molar-refractivity contribution in [3.8, 4) is 0 Å². The number of aromatic nitrogens is 4. The van der Waals surface area contributed by atoms with Gasteiger partial charge in [0.05, 0.1) is 29.6 Å². The highest BCUT2D eigenvalue weighted by Gasteiger charge is 2.23. The summed E-state index contributed by atoms with van der Waals surface area (Å²) < 4.78 is 3.77. The third-order valence-corrected chi connectivity index (χ3v) is 4.68. The van der Waals surface area contributed by atoms with Crippen LogP contribution in [0.5, 0.6) is 0 Å². The lowest BCUT2D eigenvalue weighted by Crippen LogP contribution is -2.30. The van der Waals surface area contributed by atoms with Gasteiger partial charge in [-0.2, -0.15) is 5.10 Å². The van der Waals surface area contributed by atoms with Crippen LogP contribution in [-0.2, 0) is 13.1 Å². The Bertz CT molecular complexity index is 913. The van der Waals surface area contributed by atoms with Crippen molar-refractivity contribution >= 4 is 11.6 Å². The molecule has 4 rings (SSSR count). The molecule has 0 aliphatic carbocycles. The van der Waals surface area contributed by atoms with Crippen LogP contribution in [0.15, 0.2) is 36.8 Å². The molecule has 0 radical (unpaired) electrons. The van der Waals surface area contributed by atoms with Gasteiger partial charge in [0.25, 0.3) is 5.91 Å². The quantitative estimate of drug-likeness (QED) is 0.792. The van der Waals surface area contributed by atoms with E-state index in [1.165, 1.54) is 0 Å². The van der Waals surface area contributed by atoms with Gasteiger partial charge >= 0.3 is 0 Å². The molecule has 7 nitrogen and oxygen atoms in total. The average Bonchev–Trinajstić information content (AvgIpc) is 3.21. The van der Waals surface area contributed by atoms with Crippen LogP contribution in [0.25, 0.3) is 5.65 Å². The number of pyridine rings is 1. The number of nitrogens with zero attached hydrogens (tertiary/aromatic N) is 5. The number of carbonyl (C=O) groups is 1. The predicted molar refractivity (Wildman–Crippen MR) is 92.0 cm³/mol. The number of hydrogen-bond donors (Lipinski definition) is 1. The van der Waals surface area contributed by atoms with Crippen molar-refractivity contribution in [2.24, 2.45) is 0 Å². The first-order chi connectivity index (χ1) is 12.2. The molecule has 0 aromatic carbocycles. The van der Waals surface area contributed by atoms with E-state index in [1.54, 1.807) is 6.20 Å². The maximum Gasteiger partial charge on any atom is 0.255 e. The maximum atomic E-state index is 12.9. The molecule has 1 amide bonds. The van der Waals surface area contributed by atoms with Crippen LogP contribution in [0.2, 0.25) is 0 Å². The molecule has 0 unspecified atom stereocenters. The summed E-state index contributed by atoms with van der Waals surface area (Å²) in [5.74, 6) is 0.00263. The molecule has 0 fully saturated rings. The zero-order valence-corrected chi connectivity index (χ0v) is 14.2. The van der Waals surface area contributed by atoms with Gasteiger partial charge in [0.1, 0.15) is 5.65 Å². The first-order valence-electron chi connectivity index (χ1n) is 8.62. The van der Waals surface area contributed by atoms with E-state index >= 15 is 0 Å². The van der Waals surface area contributed by atoms with Gasteiger partial charge in [-0.3, -0.25) is 9.48 Å². The van der Waals surface area contributed by atoms with Gasteiger partial charge in [-0.25, -0.2) is 4.98 Å². The Balaban J connectivity index is 1.59. The van der Waals surface area contributed by atoms with Crippen LogP contribution in [-0.4, -0.2) is 41.6 Å². The fraction of sp³-hybridized carbons (Fsp3) is 0.389. The van der Waals surface area contributed by atoms with Crippen molar-refractivity contribution in [1.82, 2.24) is 24.1 Å². The highest BCUT2D eigenvalue weighted by Crippen LogP contribution is 2.21. The molecule has 25 heavy (non-hydrogen) atoms. The minimum Gasteiger partial charge on any atom is -0.387 e. The third-order valence-electron chi connectivity index (χ3n) is 4.68. The van der Waals surface area contributed by atoms with E-state index in [0.29, 0.717) is 30.8 Å². The Hall–Kier alpha value is -2.67. The van der Waals surface area contributed by atoms with Gasteiger partial charge in [0.2, 0.25) is 0 Å². The largest absolute Gasteiger partial charge is 0.387 e. The molecule has 1 N–H and O–H groups in total. The molecular weight excluding hydrogens is 318 g/mol. The van der Waals surface area contributed by atoms with Crippen molar-refractivity contribution in [2.75, 3.05) is 6.54 Å². The molecule has 3 aromatic heterocycles. The Morgan fingerprint density at radius 1 is 1.36 bits per heavy atom. The van der Waals surface area contributed by atoms with Crippen LogP contribution in [0.1, 0.15) is 47.6 Å². The van der Waals surface area contributed by atoms with E-state index in [9.17, 15) is 9.90 Å². The minimum atomic E-state index is -0.549. The Morgan fingerprint density at radius 3 is 3.08 bits per heavy atom. The first-order valence-corrected chi connectivity index (χ1v) is 8.62. The molecule has 4 heterocycles. The Labute approximate surface area is 145 Å². The molecule has 0 spiro atoms. The zero-order chi connectivity index (χ0) is 17.4. The fourth-order valence-electron chi connectivity index (χ4n) is 3.26. The molecule has 1 aliphatic rings. The van der Waals surface area contributed by atoms with Gasteiger partial charge in [-0.15, -0.1) is 0 Å². The lowest BCUT2D eigenvalue weighted by molar-refractivity contribution is 0.0745. The van der Waals surface area contributed by atoms with E-state index in [4.69, 9.17) is 0 Å². The maximum absolute atomic E-state index is 12.9. The molecule has 0 saturated heterocycles. The van der Waals surface area contributed by atoms with Crippen molar-refractivity contribution in [1.29, 1.82) is 0 Å². The van der Waals surface area contributed by atoms with Gasteiger partial charge in [-0.1, -0.05) is 6.92 Å². The molecule has 130 valence electrons. The van der Waals surface area contributed by atoms with Crippen LogP contribution >= 0.6 is 0 Å². The number of amides is 1. The van der Waals surface area contributed by atoms with Crippen molar-refractivity contribution in [3.63, 3.8) is 0 Å². The summed E-state index contributed by atoms with van der Waals surface area (Å²) in [5.41, 5.74) is 3.12. The second-order valence-corrected chi connectivity index (χ2v) is 6.40. The van der Waals surface area contributed by atoms with Crippen molar-refractivity contribution in [3.05, 3.63) is 53.7 Å². The number of carbonyl (C=O) groups excluding carboxylic acids is 1. The van der Waals surface area contributed by atoms with E-state index < -0.39 is 6.10 Å². The standard InChI is InChI=1S/C18H21N5O2/c1-2-16(24)15-10-14-12-22(7-3-8-23(14)20-15)18(25)13-4-5-17-19-6-9-21(17)11-13/h4-6,9-11,16,24H,2-3,7-8,12H2,1H3/t16-/m1/s1. The smallest absolute Gasteiger partial charge is 0.255 e. The number of aryl methyl sites for hydroxylation is 1. The molecule has 1 atom stereocenters. The highest BCUT2D eigenvalue weighted by atomic mass is 16.3. The number of imidazole rings is 1. The van der Waals surface area contributed by atoms with E-state index in [0.717, 1.165) is 24.3 Å². The SMILES string of the molecule is CC[C@@H](O)c1cc2n(n1)CCCN(C(=O)c1ccc3nccn3c1)C2. The van der Waals surface area contributed by atoms with E-state index in [-0.39, 0.29) is 5.91 Å². The monoisotopic (exact) mass is 339 g/mol. The molecule has 1 aliphatic heterocycles. The predicted octanol–water partition coefficient (Wildman–Crippen LogP) is 2.02. The average molecular weight is 339 g/mol. The normalized spacial score (nSPS) is 15.8. The third kappa shape index (κ3) is 2.91. The summed E-state index contributed by atoms with van der Waals surface area (Å²) in [4.78, 5) is 19.0. The zero-order valence-electron chi connectivity index (χ0n) is 14.2. The summed E-state index contributed by atoms with van der Waals surface area (Å²) in [6.07, 6.45) is 6.29. The van der Waals surface area contributed by atoms with E-state index in [1.807, 2.05) is 51.5 Å². The summed E-state index contributed by atoms with van der Waals surface area (Å²) in [7, 11) is 0. The first kappa shape index (κ1) is 15.8. The molecule has 0 bridgehead atoms. The van der Waals surface area contributed by atoms with E-state index in [2.05, 4.69) is 10.1 Å². The summed E-state index contributed by atoms with van der Waals surface area (Å²) >= 11 is 0. The molecule has 3 aromatic rings. The van der Waals surface area contributed by atoms with Crippen LogP contribution in [0.3, 0.4) is 0 Å². The van der Waals surface area contributed by atoms with Gasteiger partial charge in [-0.05, 0) is 31.0 Å². The van der Waals surface area contributed by atoms with Crippen LogP contribution in [0.4, 0.5) is 0 Å². The van der Waals surface area contributed by atoms with Gasteiger partial charge < -0.3 is 14.4 Å². The summed E-state index contributed by atoms with van der Waals surface area (Å²) in [6.45, 7) is 3.88. The minimum absolute atomic E-state index is 0.00263. The molecule has 7 heteroatoms. The Morgan fingerprint density at radius 2 is 2.24 bits per heavy atom. The number of aliphatic hydroxyl groups excluding tert-OH is 1. The summed E-state index contributed by atoms with van der Waals surface area (Å²) in [6, 6.07) is 5.59. The second kappa shape index (κ2) is 6.33. The van der Waals surface area contributed by atoms with Gasteiger partial charge in [0, 0.05) is 31.7 Å². The van der Waals surface area contributed by atoms with Crippen molar-refractivity contribution in [2.45, 2.75) is 39.0 Å². The number of rotatable bonds is 3. The number of fused-ring (bicyclic) bond motifs is 2. The molecular formula is C18H21N5O2. The highest BCUT2D eigenvalue weighted by molar-refractivity contribution is 5.94. The topological polar surface area (TPSA) is 75.7 Å². The second-order valence-electron chi connectivity index (χ2n) is 6.40. The lowest BCUT2D eigenvalue weighted by atomic mass is 10.2. The van der Waals surface area contributed by atoms with Crippen LogP contribution in [0, 0.1) is 0 Å². The van der Waals surface area contributed by atoms with Crippen molar-refractivity contribution < 1.29 is 9.90 Å². The summed E-state index contributed by atoms with van der Waals surface area (Å²) in [5, 5.41) is 14.5. The number of hydrogen-bond acceptors (Lipinski definition) is 4. The lowest BCUT2D eigenvalue weighted by Gasteiger charge is -2.20. The molecule has 0 saturated carbocycles.